The fraction of sp³-hybridized carbons (Fsp3) is 0.261. The van der Waals surface area contributed by atoms with E-state index < -0.39 is 40.0 Å². The van der Waals surface area contributed by atoms with Gasteiger partial charge in [0.15, 0.2) is 0 Å². The Bertz CT molecular complexity index is 1360. The lowest BCUT2D eigenvalue weighted by Crippen LogP contribution is -2.50. The molecular weight excluding hydrogens is 476 g/mol. The normalized spacial score (nSPS) is 12.3. The molecule has 186 valence electrons. The van der Waals surface area contributed by atoms with Gasteiger partial charge < -0.3 is 20.9 Å². The van der Waals surface area contributed by atoms with Crippen LogP contribution in [0.4, 0.5) is 0 Å². The number of carbonyl (C=O) groups excluding carboxylic acids is 1. The largest absolute Gasteiger partial charge is 0.492 e. The summed E-state index contributed by atoms with van der Waals surface area (Å²) in [6.07, 6.45) is 3.30. The number of aliphatic carboxylic acids is 1. The van der Waals surface area contributed by atoms with Crippen molar-refractivity contribution in [2.75, 3.05) is 19.7 Å². The number of unbranched alkanes of at least 4 members (excludes halogenated alkanes) is 1. The van der Waals surface area contributed by atoms with Gasteiger partial charge in [0.05, 0.1) is 24.2 Å². The van der Waals surface area contributed by atoms with Crippen LogP contribution in [0.1, 0.15) is 23.2 Å². The van der Waals surface area contributed by atoms with E-state index in [2.05, 4.69) is 15.8 Å². The molecule has 1 unspecified atom stereocenters. The van der Waals surface area contributed by atoms with E-state index in [0.717, 1.165) is 25.5 Å². The minimum atomic E-state index is -4.12. The van der Waals surface area contributed by atoms with Crippen molar-refractivity contribution >= 4 is 27.4 Å². The highest BCUT2D eigenvalue weighted by Crippen LogP contribution is 2.14. The highest BCUT2D eigenvalue weighted by atomic mass is 32.2. The number of aromatic nitrogens is 1. The van der Waals surface area contributed by atoms with Crippen molar-refractivity contribution in [1.82, 2.24) is 14.4 Å². The van der Waals surface area contributed by atoms with Crippen LogP contribution in [0.15, 0.2) is 70.5 Å². The van der Waals surface area contributed by atoms with Gasteiger partial charge in [-0.2, -0.15) is 4.72 Å². The first-order chi connectivity index (χ1) is 16.7. The molecule has 3 aromatic rings. The van der Waals surface area contributed by atoms with Crippen LogP contribution in [0.25, 0.3) is 5.52 Å². The first-order valence-corrected chi connectivity index (χ1v) is 12.4. The molecule has 0 bridgehead atoms. The lowest BCUT2D eigenvalue weighted by Gasteiger charge is -2.16. The average Bonchev–Trinajstić information content (AvgIpc) is 2.84. The molecule has 35 heavy (non-hydrogen) atoms. The summed E-state index contributed by atoms with van der Waals surface area (Å²) >= 11 is 0. The summed E-state index contributed by atoms with van der Waals surface area (Å²) in [5.41, 5.74) is 3.74. The first kappa shape index (κ1) is 25.9. The van der Waals surface area contributed by atoms with E-state index >= 15 is 0 Å². The molecule has 1 amide bonds. The Kier molecular flexibility index (Phi) is 8.58. The van der Waals surface area contributed by atoms with Crippen LogP contribution in [0.3, 0.4) is 0 Å². The number of ether oxygens (including phenoxy) is 1. The lowest BCUT2D eigenvalue weighted by atomic mass is 10.2. The second kappa shape index (κ2) is 11.6. The molecular formula is C23H27N4O7S+. The number of nitrogens with one attached hydrogen (secondary N) is 2. The zero-order chi connectivity index (χ0) is 25.4. The predicted octanol–water partition coefficient (Wildman–Crippen LogP) is -0.138. The number of carboxylic acid groups (broad SMARTS) is 1. The second-order valence-corrected chi connectivity index (χ2v) is 9.40. The number of sulfonamides is 1. The summed E-state index contributed by atoms with van der Waals surface area (Å²) in [6.45, 7) is 0.784. The van der Waals surface area contributed by atoms with Crippen molar-refractivity contribution in [3.05, 3.63) is 76.7 Å². The van der Waals surface area contributed by atoms with Crippen molar-refractivity contribution < 1.29 is 33.6 Å². The van der Waals surface area contributed by atoms with Crippen molar-refractivity contribution in [3.63, 3.8) is 0 Å². The van der Waals surface area contributed by atoms with E-state index in [1.54, 1.807) is 18.2 Å². The molecule has 3 rings (SSSR count). The molecule has 2 aromatic heterocycles. The van der Waals surface area contributed by atoms with Gasteiger partial charge in [-0.1, -0.05) is 18.2 Å². The van der Waals surface area contributed by atoms with E-state index in [9.17, 15) is 27.9 Å². The van der Waals surface area contributed by atoms with Gasteiger partial charge in [-0.3, -0.25) is 18.8 Å². The Labute approximate surface area is 201 Å². The highest BCUT2D eigenvalue weighted by Gasteiger charge is 2.26. The summed E-state index contributed by atoms with van der Waals surface area (Å²) < 4.78 is 33.9. The number of fused-ring (bicyclic) bond motifs is 1. The zero-order valence-corrected chi connectivity index (χ0v) is 19.7. The van der Waals surface area contributed by atoms with Crippen LogP contribution in [-0.4, -0.2) is 55.5 Å². The van der Waals surface area contributed by atoms with E-state index in [-0.39, 0.29) is 10.5 Å². The summed E-state index contributed by atoms with van der Waals surface area (Å²) in [6, 6.07) is 11.5. The van der Waals surface area contributed by atoms with Gasteiger partial charge in [-0.15, -0.1) is 0 Å². The quantitative estimate of drug-likeness (QED) is 0.249. The molecule has 0 aliphatic rings. The van der Waals surface area contributed by atoms with Crippen molar-refractivity contribution in [2.45, 2.75) is 23.8 Å². The molecule has 1 atom stereocenters. The highest BCUT2D eigenvalue weighted by molar-refractivity contribution is 7.89. The third kappa shape index (κ3) is 6.88. The molecule has 12 heteroatoms. The van der Waals surface area contributed by atoms with E-state index in [4.69, 9.17) is 4.74 Å². The van der Waals surface area contributed by atoms with Gasteiger partial charge in [-0.25, -0.2) is 8.42 Å². The summed E-state index contributed by atoms with van der Waals surface area (Å²) in [5.74, 6) is -1.68. The summed E-state index contributed by atoms with van der Waals surface area (Å²) in [7, 11) is -4.12. The van der Waals surface area contributed by atoms with Gasteiger partial charge in [-0.05, 0) is 43.2 Å². The number of carbonyl (C=O) groups is 2. The fourth-order valence-corrected chi connectivity index (χ4v) is 4.43. The molecule has 2 heterocycles. The van der Waals surface area contributed by atoms with Crippen molar-refractivity contribution in [3.8, 4) is 5.75 Å². The molecule has 1 aromatic carbocycles. The van der Waals surface area contributed by atoms with Crippen LogP contribution in [0.2, 0.25) is 0 Å². The number of rotatable bonds is 12. The molecule has 0 aliphatic heterocycles. The molecule has 0 spiro atoms. The van der Waals surface area contributed by atoms with Gasteiger partial charge in [0.1, 0.15) is 11.8 Å². The molecule has 0 saturated carbocycles. The lowest BCUT2D eigenvalue weighted by molar-refractivity contribution is -0.368. The molecule has 0 radical (unpaired) electrons. The summed E-state index contributed by atoms with van der Waals surface area (Å²) in [5, 5.41) is 11.8. The van der Waals surface area contributed by atoms with E-state index in [1.807, 2.05) is 0 Å². The van der Waals surface area contributed by atoms with Crippen molar-refractivity contribution in [2.24, 2.45) is 0 Å². The number of amides is 1. The molecule has 0 aliphatic carbocycles. The Morgan fingerprint density at radius 2 is 1.83 bits per heavy atom. The maximum atomic E-state index is 12.6. The molecule has 11 nitrogen and oxygen atoms in total. The maximum absolute atomic E-state index is 12.6. The second-order valence-electron chi connectivity index (χ2n) is 7.69. The molecule has 0 saturated heterocycles. The van der Waals surface area contributed by atoms with E-state index in [0.29, 0.717) is 17.9 Å². The number of quaternary nitrogens is 1. The Hall–Kier alpha value is -3.74. The van der Waals surface area contributed by atoms with Gasteiger partial charge >= 0.3 is 5.97 Å². The Morgan fingerprint density at radius 3 is 2.51 bits per heavy atom. The van der Waals surface area contributed by atoms with Gasteiger partial charge in [0.2, 0.25) is 10.0 Å². The van der Waals surface area contributed by atoms with Crippen LogP contribution in [-0.2, 0) is 14.8 Å². The number of nitrogens with zero attached hydrogens (tertiary/aromatic N) is 1. The number of hydrogen-bond acceptors (Lipinski definition) is 6. The van der Waals surface area contributed by atoms with E-state index in [1.165, 1.54) is 40.9 Å². The standard InChI is InChI=1S/C23H26N4O7S/c24-10-4-5-11-34-18-9-8-17-12-16(13-21(28)27(17)15-18)22(29)25-14-20(23(30)31)26-35(32,33)19-6-2-1-3-7-19/h1-3,6-9,12-13,15,20,26H,4-5,10-11,14,24H2,(H,25,29)(H,30,31)/p+1. The molecule has 0 fully saturated rings. The topological polar surface area (TPSA) is 171 Å². The minimum Gasteiger partial charge on any atom is -0.492 e. The van der Waals surface area contributed by atoms with Gasteiger partial charge in [0.25, 0.3) is 11.5 Å². The van der Waals surface area contributed by atoms with Crippen molar-refractivity contribution in [1.29, 1.82) is 0 Å². The number of hydrogen-bond donors (Lipinski definition) is 4. The maximum Gasteiger partial charge on any atom is 0.323 e. The van der Waals surface area contributed by atoms with Crippen LogP contribution >= 0.6 is 0 Å². The first-order valence-electron chi connectivity index (χ1n) is 10.9. The number of carboxylic acids is 1. The zero-order valence-electron chi connectivity index (χ0n) is 18.8. The third-order valence-electron chi connectivity index (χ3n) is 5.06. The predicted molar refractivity (Wildman–Crippen MR) is 127 cm³/mol. The monoisotopic (exact) mass is 503 g/mol. The summed E-state index contributed by atoms with van der Waals surface area (Å²) in [4.78, 5) is 36.6. The third-order valence-corrected chi connectivity index (χ3v) is 6.55. The Morgan fingerprint density at radius 1 is 1.09 bits per heavy atom. The minimum absolute atomic E-state index is 0.00849. The smallest absolute Gasteiger partial charge is 0.323 e. The number of benzene rings is 1. The number of pyridine rings is 2. The van der Waals surface area contributed by atoms with Gasteiger partial charge in [0, 0.05) is 23.7 Å². The van der Waals surface area contributed by atoms with Crippen LogP contribution < -0.4 is 26.1 Å². The van der Waals surface area contributed by atoms with Crippen LogP contribution in [0, 0.1) is 0 Å². The Balaban J connectivity index is 1.70. The van der Waals surface area contributed by atoms with Crippen LogP contribution in [0.5, 0.6) is 5.75 Å². The fourth-order valence-electron chi connectivity index (χ4n) is 3.22. The SMILES string of the molecule is [NH3+]CCCCOc1ccc2cc(C(=O)NCC(NS(=O)(=O)c3ccccc3)C(=O)O)cc(=O)n2c1. The molecule has 6 N–H and O–H groups in total. The average molecular weight is 504 g/mol.